The topological polar surface area (TPSA) is 552 Å². The van der Waals surface area contributed by atoms with E-state index in [2.05, 4.69) is 67.8 Å². The Morgan fingerprint density at radius 1 is 0.403 bits per heavy atom. The van der Waals surface area contributed by atoms with Crippen LogP contribution in [0.5, 0.6) is 0 Å². The summed E-state index contributed by atoms with van der Waals surface area (Å²) in [4.78, 5) is 134. The number of anilines is 4. The van der Waals surface area contributed by atoms with Gasteiger partial charge in [-0.2, -0.15) is 0 Å². The lowest BCUT2D eigenvalue weighted by Crippen LogP contribution is -2.41. The van der Waals surface area contributed by atoms with E-state index in [9.17, 15) is 78.0 Å². The number of alkyl halides is 1. The smallest absolute Gasteiger partial charge is 0.399 e. The predicted octanol–water partition coefficient (Wildman–Crippen LogP) is 17.4. The molecule has 37 nitrogen and oxygen atoms in total. The Morgan fingerprint density at radius 2 is 0.750 bits per heavy atom. The van der Waals surface area contributed by atoms with Gasteiger partial charge >= 0.3 is 44.1 Å². The Labute approximate surface area is 851 Å². The fourth-order valence-electron chi connectivity index (χ4n) is 15.0. The molecule has 0 aliphatic carbocycles. The number of aromatic nitrogens is 9. The lowest BCUT2D eigenvalue weighted by molar-refractivity contribution is -0.385. The first-order chi connectivity index (χ1) is 68.0. The number of imidazole rings is 4. The van der Waals surface area contributed by atoms with Crippen molar-refractivity contribution in [1.82, 2.24) is 44.4 Å². The molecule has 19 rings (SSSR count). The average Bonchev–Trinajstić information content (AvgIpc) is 1.62. The summed E-state index contributed by atoms with van der Waals surface area (Å²) in [5.74, 6) is -2.58. The van der Waals surface area contributed by atoms with Crippen LogP contribution in [0.25, 0.3) is 77.5 Å². The molecule has 0 atom stereocenters. The normalized spacial score (nSPS) is 14.7. The van der Waals surface area contributed by atoms with E-state index < -0.39 is 63.3 Å². The maximum Gasteiger partial charge on any atom is 0.495 e. The van der Waals surface area contributed by atoms with Gasteiger partial charge in [0.15, 0.2) is 11.6 Å². The standard InChI is InChI=1S/C27H20F2N4O3.2C14H11N3O3.C13H17BN2O3.C12H17BN2O4.C12H19BN2O2.C7H6INO2.CH3I/c1-15-4-7-18(13-20(15)17-6-9-23-24(12-17)32-27(36)31-23)30-25(34)19-3-2-10-33(26(19)35)14-16-5-8-21(28)22(29)11-16;2*1-8-2-4-10(17(19)20)7-11(8)9-3-5-12-13(6-9)16-14(18)15-12;1-12(2)13(3,4)19-14(18-12)8-5-6-9-10(7-8)16-11(17)15-9;1-11(2)12(3,4)19-13(18-11)8-5-6-9(14)10(7-8)15(16)17;1-11(2)12(3,4)17-13(16-11)8-5-6-9(14)10(15)7-8;1-5-2-3-6(9(10)11)4-7(5)8;1-2/h2-13H,14H2,1H3,(H,30,34)(H2,31,32,36);2*2-7H,1H3,(H2,15,16,18);5-7H,1-4H3,(H2,15,16,17);5-7H,14H2,1-4H3;5-7H,14-15H2,1-4H3;2-4H,1H3;1H3/i;;;;;;;1D. The number of non-ortho nitro benzene ring substituents is 3. The van der Waals surface area contributed by atoms with Crippen molar-refractivity contribution in [1.29, 1.82) is 0 Å². The van der Waals surface area contributed by atoms with Crippen LogP contribution in [0.1, 0.15) is 123 Å². The largest absolute Gasteiger partial charge is 0.495 e. The number of nitrogens with zero attached hydrogens (tertiary/aromatic N) is 5. The SMILES string of the molecule is CC1(C)OB(c2ccc(N)c(N)c2)OC1(C)C.CC1(C)OB(c2ccc(N)c([N+](=O)[O-])c2)OC1(C)C.CC1(C)OB(c2ccc3[nH]c(=O)[nH]c3c2)OC1(C)C.Cc1ccc(NC(=O)c2cccn(Cc3ccc(F)c(F)c3)c2=O)cc1-c1ccc2[nH]c(=O)[nH]c2c1.Cc1ccc([N+](=O)[O-])cc1-c1ccc2[nH]c(=O)[nH]c2c1.Cc1ccc([N+](=O)[O-])cc1-c1ccc2[nH]c(=O)[nH]c2c1.Cc1ccc([N+](=O)[O-])cc1I.[2H]CI. The van der Waals surface area contributed by atoms with Gasteiger partial charge in [-0.1, -0.05) is 89.3 Å². The first-order valence-electron chi connectivity index (χ1n) is 45.2. The lowest BCUT2D eigenvalue weighted by atomic mass is 9.79. The number of amides is 1. The van der Waals surface area contributed by atoms with Crippen LogP contribution in [-0.4, -0.2) is 130 Å². The maximum atomic E-state index is 13.6. The molecule has 16 aromatic rings. The van der Waals surface area contributed by atoms with Gasteiger partial charge in [0, 0.05) is 59.3 Å². The molecule has 0 saturated carbocycles. The van der Waals surface area contributed by atoms with E-state index in [1.165, 1.54) is 53.2 Å². The molecule has 3 saturated heterocycles. The molecule has 3 fully saturated rings. The van der Waals surface area contributed by atoms with Gasteiger partial charge in [0.05, 0.1) is 115 Å². The Morgan fingerprint density at radius 3 is 1.14 bits per heavy atom. The number of nitro benzene ring substituents is 4. The zero-order chi connectivity index (χ0) is 106. The zero-order valence-corrected chi connectivity index (χ0v) is 85.4. The summed E-state index contributed by atoms with van der Waals surface area (Å²) in [5.41, 5.74) is 32.1. The zero-order valence-electron chi connectivity index (χ0n) is 82.1. The first kappa shape index (κ1) is 106. The summed E-state index contributed by atoms with van der Waals surface area (Å²) >= 11 is 4.03. The Hall–Kier alpha value is -14.8. The quantitative estimate of drug-likeness (QED) is 0.0120. The van der Waals surface area contributed by atoms with Crippen molar-refractivity contribution >= 4 is 178 Å². The number of carbonyl (C=O) groups excluding carboxylic acids is 1. The summed E-state index contributed by atoms with van der Waals surface area (Å²) in [5, 5.41) is 45.6. The highest BCUT2D eigenvalue weighted by Gasteiger charge is 2.54. The highest BCUT2D eigenvalue weighted by Crippen LogP contribution is 2.41. The van der Waals surface area contributed by atoms with Crippen molar-refractivity contribution < 1.29 is 62.6 Å². The second kappa shape index (κ2) is 44.0. The van der Waals surface area contributed by atoms with E-state index in [0.29, 0.717) is 66.1 Å². The van der Waals surface area contributed by atoms with E-state index in [1.807, 2.05) is 188 Å². The number of aromatic amines is 8. The van der Waals surface area contributed by atoms with Gasteiger partial charge in [-0.3, -0.25) is 50.0 Å². The lowest BCUT2D eigenvalue weighted by Gasteiger charge is -2.32. The number of hydrogen-bond donors (Lipinski definition) is 12. The van der Waals surface area contributed by atoms with E-state index in [-0.39, 0.29) is 97.8 Å². The van der Waals surface area contributed by atoms with Crippen molar-refractivity contribution in [3.05, 3.63) is 360 Å². The van der Waals surface area contributed by atoms with Crippen LogP contribution >= 0.6 is 45.2 Å². The molecular weight excluding hydrogens is 2080 g/mol. The molecule has 1 amide bonds. The van der Waals surface area contributed by atoms with Gasteiger partial charge < -0.3 is 94.9 Å². The molecule has 0 radical (unpaired) electrons. The molecular formula is C100H104B3F2I2N17O20. The second-order valence-corrected chi connectivity index (χ2v) is 38.1. The van der Waals surface area contributed by atoms with Crippen molar-refractivity contribution in [3.8, 4) is 33.4 Å². The van der Waals surface area contributed by atoms with E-state index >= 15 is 0 Å². The van der Waals surface area contributed by atoms with E-state index in [1.54, 1.807) is 103 Å². The van der Waals surface area contributed by atoms with Gasteiger partial charge in [-0.15, -0.1) is 0 Å². The van der Waals surface area contributed by atoms with Gasteiger partial charge in [-0.05, 0) is 319 Å². The molecule has 3 aliphatic rings. The molecule has 144 heavy (non-hydrogen) atoms. The second-order valence-electron chi connectivity index (χ2n) is 36.9. The highest BCUT2D eigenvalue weighted by molar-refractivity contribution is 14.1. The van der Waals surface area contributed by atoms with E-state index in [4.69, 9.17) is 46.5 Å². The molecule has 8 heterocycles. The molecule has 746 valence electrons. The number of carbonyl (C=O) groups is 1. The molecule has 15 N–H and O–H groups in total. The average molecular weight is 2190 g/mol. The number of hydrogen-bond acceptors (Lipinski definition) is 23. The van der Waals surface area contributed by atoms with Crippen molar-refractivity contribution in [2.45, 2.75) is 151 Å². The maximum absolute atomic E-state index is 13.6. The number of H-pyrrole nitrogens is 8. The third-order valence-corrected chi connectivity index (χ3v) is 26.4. The van der Waals surface area contributed by atoms with E-state index in [0.717, 1.165) is 93.3 Å². The van der Waals surface area contributed by atoms with Gasteiger partial charge in [0.25, 0.3) is 34.2 Å². The van der Waals surface area contributed by atoms with Crippen molar-refractivity contribution in [2.75, 3.05) is 27.4 Å². The number of pyridine rings is 1. The number of nitrogens with two attached hydrogens (primary N) is 3. The number of aryl methyl sites for hydroxylation is 4. The minimum atomic E-state index is -1.01. The molecule has 44 heteroatoms. The Kier molecular flexibility index (Phi) is 32.5. The van der Waals surface area contributed by atoms with Gasteiger partial charge in [0.1, 0.15) is 11.3 Å². The highest BCUT2D eigenvalue weighted by atomic mass is 127. The van der Waals surface area contributed by atoms with Crippen LogP contribution in [0.3, 0.4) is 0 Å². The van der Waals surface area contributed by atoms with Crippen LogP contribution < -0.4 is 67.2 Å². The number of nitrogens with one attached hydrogen (secondary N) is 9. The Bertz CT molecular complexity index is 7760. The fourth-order valence-corrected chi connectivity index (χ4v) is 15.5. The summed E-state index contributed by atoms with van der Waals surface area (Å²) in [6.07, 6.45) is 1.48. The van der Waals surface area contributed by atoms with Crippen LogP contribution in [0.15, 0.2) is 242 Å². The van der Waals surface area contributed by atoms with Crippen LogP contribution in [-0.2, 0) is 34.5 Å². The van der Waals surface area contributed by atoms with Gasteiger partial charge in [0.2, 0.25) is 0 Å². The summed E-state index contributed by atoms with van der Waals surface area (Å²) in [6.45, 7) is 31.5. The summed E-state index contributed by atoms with van der Waals surface area (Å²) in [6, 6.07) is 58.1. The van der Waals surface area contributed by atoms with Crippen LogP contribution in [0.2, 0.25) is 0 Å². The third-order valence-electron chi connectivity index (χ3n) is 25.3. The molecule has 0 unspecified atom stereocenters. The minimum absolute atomic E-state index is 0.0183. The molecule has 5 aromatic heterocycles. The summed E-state index contributed by atoms with van der Waals surface area (Å²) < 4.78 is 70.6. The molecule has 11 aromatic carbocycles. The van der Waals surface area contributed by atoms with Gasteiger partial charge in [-0.25, -0.2) is 28.0 Å². The molecule has 3 aliphatic heterocycles. The molecule has 0 bridgehead atoms. The Balaban J connectivity index is 0.000000154. The number of fused-ring (bicyclic) bond motifs is 4. The number of nitro groups is 4. The van der Waals surface area contributed by atoms with Crippen LogP contribution in [0.4, 0.5) is 54.3 Å². The van der Waals surface area contributed by atoms with Crippen LogP contribution in [0, 0.1) is 83.4 Å². The number of nitrogen functional groups attached to an aromatic ring is 3. The first-order valence-corrected chi connectivity index (χ1v) is 47.1. The number of halogens is 4. The predicted molar refractivity (Wildman–Crippen MR) is 574 cm³/mol. The summed E-state index contributed by atoms with van der Waals surface area (Å²) in [7, 11) is -1.42. The number of rotatable bonds is 14. The fraction of sp³-hybridized carbons (Fsp3) is 0.240. The molecule has 0 spiro atoms. The minimum Gasteiger partial charge on any atom is -0.399 e. The monoisotopic (exact) mass is 2190 g/mol. The third kappa shape index (κ3) is 25.3. The van der Waals surface area contributed by atoms with Crippen molar-refractivity contribution in [3.63, 3.8) is 0 Å². The van der Waals surface area contributed by atoms with Crippen molar-refractivity contribution in [2.24, 2.45) is 0 Å². The number of benzene rings is 11.